The quantitative estimate of drug-likeness (QED) is 0.761. The second-order valence-electron chi connectivity index (χ2n) is 5.13. The van der Waals surface area contributed by atoms with Crippen LogP contribution in [0.5, 0.6) is 5.88 Å². The van der Waals surface area contributed by atoms with Crippen molar-refractivity contribution in [3.8, 4) is 17.3 Å². The third-order valence-electron chi connectivity index (χ3n) is 3.24. The molecule has 130 valence electrons. The van der Waals surface area contributed by atoms with E-state index >= 15 is 0 Å². The minimum Gasteiger partial charge on any atom is -0.468 e. The second-order valence-corrected chi connectivity index (χ2v) is 5.13. The van der Waals surface area contributed by atoms with Crippen LogP contribution in [0.1, 0.15) is 17.4 Å². The van der Waals surface area contributed by atoms with Crippen molar-refractivity contribution in [1.82, 2.24) is 15.1 Å². The summed E-state index contributed by atoms with van der Waals surface area (Å²) in [6, 6.07) is 11.4. The Kier molecular flexibility index (Phi) is 4.66. The van der Waals surface area contributed by atoms with Crippen LogP contribution < -0.4 is 10.5 Å². The Morgan fingerprint density at radius 2 is 1.92 bits per heavy atom. The van der Waals surface area contributed by atoms with Gasteiger partial charge in [-0.15, -0.1) is 0 Å². The van der Waals surface area contributed by atoms with E-state index in [0.29, 0.717) is 5.56 Å². The first-order valence-corrected chi connectivity index (χ1v) is 7.22. The zero-order chi connectivity index (χ0) is 17.9. The molecule has 9 heteroatoms. The van der Waals surface area contributed by atoms with Gasteiger partial charge in [-0.2, -0.15) is 18.2 Å². The summed E-state index contributed by atoms with van der Waals surface area (Å²) in [5.41, 5.74) is 7.27. The van der Waals surface area contributed by atoms with Gasteiger partial charge < -0.3 is 15.0 Å². The molecule has 0 amide bonds. The first-order chi connectivity index (χ1) is 11.9. The summed E-state index contributed by atoms with van der Waals surface area (Å²) in [5.74, 6) is 0.179. The molecule has 1 atom stereocenters. The highest BCUT2D eigenvalue weighted by Gasteiger charge is 2.28. The van der Waals surface area contributed by atoms with E-state index in [1.165, 1.54) is 18.3 Å². The third-order valence-corrected chi connectivity index (χ3v) is 3.24. The maximum Gasteiger partial charge on any atom is 0.422 e. The molecular formula is C16H13F3N4O2. The monoisotopic (exact) mass is 350 g/mol. The van der Waals surface area contributed by atoms with Crippen LogP contribution in [0.2, 0.25) is 0 Å². The SMILES string of the molecule is NC(c1ccccc1)c1noc(-c2ccnc(OCC(F)(F)F)c2)n1. The Morgan fingerprint density at radius 1 is 1.16 bits per heavy atom. The highest BCUT2D eigenvalue weighted by Crippen LogP contribution is 2.24. The van der Waals surface area contributed by atoms with Gasteiger partial charge in [0.2, 0.25) is 5.88 Å². The molecule has 2 heterocycles. The smallest absolute Gasteiger partial charge is 0.422 e. The lowest BCUT2D eigenvalue weighted by Gasteiger charge is -2.08. The number of benzene rings is 1. The van der Waals surface area contributed by atoms with Crippen LogP contribution in [0, 0.1) is 0 Å². The molecule has 2 N–H and O–H groups in total. The first kappa shape index (κ1) is 16.9. The predicted octanol–water partition coefficient (Wildman–Crippen LogP) is 3.12. The number of hydrogen-bond donors (Lipinski definition) is 1. The molecule has 0 radical (unpaired) electrons. The lowest BCUT2D eigenvalue weighted by Crippen LogP contribution is -2.19. The van der Waals surface area contributed by atoms with Crippen molar-refractivity contribution in [2.24, 2.45) is 5.73 Å². The Hall–Kier alpha value is -2.94. The summed E-state index contributed by atoms with van der Waals surface area (Å²) < 4.78 is 46.4. The topological polar surface area (TPSA) is 87.1 Å². The Bertz CT molecular complexity index is 837. The first-order valence-electron chi connectivity index (χ1n) is 7.22. The molecule has 0 aliphatic heterocycles. The molecule has 0 aliphatic rings. The van der Waals surface area contributed by atoms with E-state index in [0.717, 1.165) is 5.56 Å². The fourth-order valence-corrected chi connectivity index (χ4v) is 2.07. The predicted molar refractivity (Wildman–Crippen MR) is 81.6 cm³/mol. The van der Waals surface area contributed by atoms with Crippen LogP contribution in [0.25, 0.3) is 11.5 Å². The van der Waals surface area contributed by atoms with Gasteiger partial charge in [0.05, 0.1) is 6.04 Å². The molecule has 2 aromatic heterocycles. The van der Waals surface area contributed by atoms with E-state index in [9.17, 15) is 13.2 Å². The lowest BCUT2D eigenvalue weighted by molar-refractivity contribution is -0.154. The third kappa shape index (κ3) is 4.32. The molecule has 0 aliphatic carbocycles. The van der Waals surface area contributed by atoms with Crippen LogP contribution >= 0.6 is 0 Å². The number of pyridine rings is 1. The fraction of sp³-hybridized carbons (Fsp3) is 0.188. The number of alkyl halides is 3. The molecule has 0 saturated heterocycles. The molecule has 0 saturated carbocycles. The molecule has 0 bridgehead atoms. The van der Waals surface area contributed by atoms with Gasteiger partial charge in [0.25, 0.3) is 5.89 Å². The highest BCUT2D eigenvalue weighted by atomic mass is 19.4. The Labute approximate surface area is 140 Å². The van der Waals surface area contributed by atoms with Crippen molar-refractivity contribution < 1.29 is 22.4 Å². The van der Waals surface area contributed by atoms with Gasteiger partial charge in [0.1, 0.15) is 0 Å². The number of nitrogens with two attached hydrogens (primary N) is 1. The molecule has 3 aromatic rings. The van der Waals surface area contributed by atoms with Gasteiger partial charge >= 0.3 is 6.18 Å². The summed E-state index contributed by atoms with van der Waals surface area (Å²) in [4.78, 5) is 7.92. The number of rotatable bonds is 5. The minimum absolute atomic E-state index is 0.112. The maximum atomic E-state index is 12.2. The largest absolute Gasteiger partial charge is 0.468 e. The highest BCUT2D eigenvalue weighted by molar-refractivity contribution is 5.53. The Morgan fingerprint density at radius 3 is 2.64 bits per heavy atom. The van der Waals surface area contributed by atoms with Crippen molar-refractivity contribution in [3.63, 3.8) is 0 Å². The molecule has 0 fully saturated rings. The number of aromatic nitrogens is 3. The van der Waals surface area contributed by atoms with Crippen molar-refractivity contribution in [1.29, 1.82) is 0 Å². The average molecular weight is 350 g/mol. The van der Waals surface area contributed by atoms with Crippen molar-refractivity contribution in [3.05, 3.63) is 60.0 Å². The van der Waals surface area contributed by atoms with Gasteiger partial charge in [-0.25, -0.2) is 4.98 Å². The molecule has 25 heavy (non-hydrogen) atoms. The van der Waals surface area contributed by atoms with Crippen molar-refractivity contribution in [2.75, 3.05) is 6.61 Å². The Balaban J connectivity index is 1.78. The zero-order valence-electron chi connectivity index (χ0n) is 12.8. The van der Waals surface area contributed by atoms with Gasteiger partial charge in [-0.3, -0.25) is 0 Å². The van der Waals surface area contributed by atoms with Crippen LogP contribution in [0.3, 0.4) is 0 Å². The zero-order valence-corrected chi connectivity index (χ0v) is 12.8. The van der Waals surface area contributed by atoms with Gasteiger partial charge in [-0.1, -0.05) is 35.5 Å². The van der Waals surface area contributed by atoms with Crippen molar-refractivity contribution in [2.45, 2.75) is 12.2 Å². The van der Waals surface area contributed by atoms with Gasteiger partial charge in [0, 0.05) is 17.8 Å². The van der Waals surface area contributed by atoms with E-state index in [-0.39, 0.29) is 17.6 Å². The lowest BCUT2D eigenvalue weighted by atomic mass is 10.1. The molecule has 6 nitrogen and oxygen atoms in total. The average Bonchev–Trinajstić information content (AvgIpc) is 3.10. The number of ether oxygens (including phenoxy) is 1. The van der Waals surface area contributed by atoms with Crippen LogP contribution in [-0.2, 0) is 0 Å². The molecule has 3 rings (SSSR count). The summed E-state index contributed by atoms with van der Waals surface area (Å²) in [6.45, 7) is -1.43. The van der Waals surface area contributed by atoms with Crippen LogP contribution in [0.4, 0.5) is 13.2 Å². The number of nitrogens with zero attached hydrogens (tertiary/aromatic N) is 3. The van der Waals surface area contributed by atoms with E-state index in [4.69, 9.17) is 10.3 Å². The van der Waals surface area contributed by atoms with E-state index < -0.39 is 18.8 Å². The molecule has 1 unspecified atom stereocenters. The summed E-state index contributed by atoms with van der Waals surface area (Å²) in [5, 5.41) is 3.83. The fourth-order valence-electron chi connectivity index (χ4n) is 2.07. The number of halogens is 3. The van der Waals surface area contributed by atoms with E-state index in [2.05, 4.69) is 19.9 Å². The van der Waals surface area contributed by atoms with Crippen molar-refractivity contribution >= 4 is 0 Å². The minimum atomic E-state index is -4.45. The summed E-state index contributed by atoms with van der Waals surface area (Å²) >= 11 is 0. The van der Waals surface area contributed by atoms with E-state index in [1.807, 2.05) is 30.3 Å². The van der Waals surface area contributed by atoms with Crippen LogP contribution in [-0.4, -0.2) is 27.9 Å². The second kappa shape index (κ2) is 6.89. The van der Waals surface area contributed by atoms with E-state index in [1.54, 1.807) is 0 Å². The summed E-state index contributed by atoms with van der Waals surface area (Å²) in [6.07, 6.45) is -3.15. The standard InChI is InChI=1S/C16H13F3N4O2/c17-16(18,19)9-24-12-8-11(6-7-21-12)15-22-14(23-25-15)13(20)10-4-2-1-3-5-10/h1-8,13H,9,20H2. The maximum absolute atomic E-state index is 12.2. The molecule has 1 aromatic carbocycles. The van der Waals surface area contributed by atoms with Gasteiger partial charge in [0.15, 0.2) is 12.4 Å². The molecule has 0 spiro atoms. The number of hydrogen-bond acceptors (Lipinski definition) is 6. The normalized spacial score (nSPS) is 12.8. The summed E-state index contributed by atoms with van der Waals surface area (Å²) in [7, 11) is 0. The van der Waals surface area contributed by atoms with Crippen LogP contribution in [0.15, 0.2) is 53.2 Å². The molecular weight excluding hydrogens is 337 g/mol. The van der Waals surface area contributed by atoms with Gasteiger partial charge in [-0.05, 0) is 11.6 Å².